The summed E-state index contributed by atoms with van der Waals surface area (Å²) in [5.41, 5.74) is 2.86. The Balaban J connectivity index is 1.76. The van der Waals surface area contributed by atoms with Crippen LogP contribution in [0.4, 0.5) is 5.13 Å². The lowest BCUT2D eigenvalue weighted by atomic mass is 10.2. The third-order valence-electron chi connectivity index (χ3n) is 3.84. The average molecular weight is 400 g/mol. The van der Waals surface area contributed by atoms with Gasteiger partial charge in [-0.2, -0.15) is 0 Å². The molecule has 0 atom stereocenters. The largest absolute Gasteiger partial charge is 0.277 e. The van der Waals surface area contributed by atoms with Gasteiger partial charge in [-0.3, -0.25) is 14.7 Å². The first-order chi connectivity index (χ1) is 12.6. The quantitative estimate of drug-likeness (QED) is 0.451. The molecule has 4 rings (SSSR count). The molecule has 4 aromatic rings. The number of thiazole rings is 1. The third kappa shape index (κ3) is 3.49. The SMILES string of the molecule is Cc1ccc2nc(N(Cc3ccccn3)C(=O)c3ccc(Cl)s3)sc2c1. The minimum atomic E-state index is -0.122. The van der Waals surface area contributed by atoms with Crippen LogP contribution in [-0.2, 0) is 6.54 Å². The number of hydrogen-bond acceptors (Lipinski definition) is 5. The van der Waals surface area contributed by atoms with Crippen LogP contribution in [0.25, 0.3) is 10.2 Å². The van der Waals surface area contributed by atoms with Crippen molar-refractivity contribution in [1.29, 1.82) is 0 Å². The van der Waals surface area contributed by atoms with Crippen molar-refractivity contribution in [1.82, 2.24) is 9.97 Å². The molecule has 0 bridgehead atoms. The van der Waals surface area contributed by atoms with E-state index in [9.17, 15) is 4.79 Å². The number of pyridine rings is 1. The molecule has 0 fully saturated rings. The number of nitrogens with zero attached hydrogens (tertiary/aromatic N) is 3. The Bertz CT molecular complexity index is 1070. The van der Waals surface area contributed by atoms with Crippen LogP contribution in [0.5, 0.6) is 0 Å². The maximum absolute atomic E-state index is 13.1. The number of carbonyl (C=O) groups excluding carboxylic acids is 1. The molecule has 0 aliphatic carbocycles. The summed E-state index contributed by atoms with van der Waals surface area (Å²) in [7, 11) is 0. The van der Waals surface area contributed by atoms with Gasteiger partial charge in [-0.05, 0) is 48.9 Å². The molecule has 0 unspecified atom stereocenters. The summed E-state index contributed by atoms with van der Waals surface area (Å²) in [5, 5.41) is 0.658. The maximum Gasteiger partial charge on any atom is 0.270 e. The van der Waals surface area contributed by atoms with Gasteiger partial charge in [0.05, 0.1) is 31.7 Å². The van der Waals surface area contributed by atoms with E-state index in [-0.39, 0.29) is 5.91 Å². The van der Waals surface area contributed by atoms with E-state index in [4.69, 9.17) is 11.6 Å². The normalized spacial score (nSPS) is 11.0. The third-order valence-corrected chi connectivity index (χ3v) is 6.10. The summed E-state index contributed by atoms with van der Waals surface area (Å²) in [6, 6.07) is 15.2. The van der Waals surface area contributed by atoms with Gasteiger partial charge in [0.25, 0.3) is 5.91 Å². The Morgan fingerprint density at radius 2 is 2.04 bits per heavy atom. The molecular formula is C19H14ClN3OS2. The molecule has 3 heterocycles. The maximum atomic E-state index is 13.1. The summed E-state index contributed by atoms with van der Waals surface area (Å²) < 4.78 is 1.65. The molecule has 0 aliphatic rings. The van der Waals surface area contributed by atoms with Crippen molar-refractivity contribution in [2.45, 2.75) is 13.5 Å². The Labute approximate surface area is 163 Å². The highest BCUT2D eigenvalue weighted by molar-refractivity contribution is 7.22. The van der Waals surface area contributed by atoms with Crippen LogP contribution < -0.4 is 4.90 Å². The molecule has 0 saturated carbocycles. The minimum absolute atomic E-state index is 0.122. The summed E-state index contributed by atoms with van der Waals surface area (Å²) in [6.45, 7) is 2.40. The lowest BCUT2D eigenvalue weighted by Gasteiger charge is -2.18. The molecule has 0 saturated heterocycles. The van der Waals surface area contributed by atoms with Gasteiger partial charge in [0.1, 0.15) is 0 Å². The fraction of sp³-hybridized carbons (Fsp3) is 0.105. The number of carbonyl (C=O) groups is 1. The fourth-order valence-corrected chi connectivity index (χ4v) is 4.63. The fourth-order valence-electron chi connectivity index (χ4n) is 2.58. The lowest BCUT2D eigenvalue weighted by molar-refractivity contribution is 0.0988. The molecular weight excluding hydrogens is 386 g/mol. The van der Waals surface area contributed by atoms with E-state index >= 15 is 0 Å². The Kier molecular flexibility index (Phi) is 4.72. The van der Waals surface area contributed by atoms with E-state index in [0.717, 1.165) is 15.9 Å². The van der Waals surface area contributed by atoms with Crippen molar-refractivity contribution in [3.05, 3.63) is 75.2 Å². The van der Waals surface area contributed by atoms with E-state index in [1.807, 2.05) is 37.3 Å². The number of fused-ring (bicyclic) bond motifs is 1. The summed E-state index contributed by atoms with van der Waals surface area (Å²) in [6.07, 6.45) is 1.72. The van der Waals surface area contributed by atoms with Crippen LogP contribution >= 0.6 is 34.3 Å². The van der Waals surface area contributed by atoms with Crippen LogP contribution in [0.15, 0.2) is 54.7 Å². The van der Waals surface area contributed by atoms with Crippen LogP contribution in [0, 0.1) is 6.92 Å². The van der Waals surface area contributed by atoms with Gasteiger partial charge in [0, 0.05) is 6.20 Å². The predicted molar refractivity (Wildman–Crippen MR) is 108 cm³/mol. The highest BCUT2D eigenvalue weighted by Crippen LogP contribution is 2.32. The number of benzene rings is 1. The lowest BCUT2D eigenvalue weighted by Crippen LogP contribution is -2.30. The van der Waals surface area contributed by atoms with Gasteiger partial charge in [0.15, 0.2) is 5.13 Å². The van der Waals surface area contributed by atoms with Crippen LogP contribution in [0.3, 0.4) is 0 Å². The van der Waals surface area contributed by atoms with Crippen molar-refractivity contribution in [3.63, 3.8) is 0 Å². The smallest absolute Gasteiger partial charge is 0.270 e. The average Bonchev–Trinajstić information content (AvgIpc) is 3.25. The van der Waals surface area contributed by atoms with E-state index in [2.05, 4.69) is 16.0 Å². The van der Waals surface area contributed by atoms with Crippen molar-refractivity contribution in [2.24, 2.45) is 0 Å². The number of anilines is 1. The molecule has 0 radical (unpaired) electrons. The Morgan fingerprint density at radius 3 is 2.77 bits per heavy atom. The number of halogens is 1. The molecule has 0 spiro atoms. The molecule has 130 valence electrons. The number of aromatic nitrogens is 2. The Morgan fingerprint density at radius 1 is 1.15 bits per heavy atom. The first-order valence-corrected chi connectivity index (χ1v) is 9.95. The molecule has 1 amide bonds. The summed E-state index contributed by atoms with van der Waals surface area (Å²) in [4.78, 5) is 24.4. The van der Waals surface area contributed by atoms with Crippen LogP contribution in [-0.4, -0.2) is 15.9 Å². The van der Waals surface area contributed by atoms with Crippen molar-refractivity contribution in [2.75, 3.05) is 4.90 Å². The Hall–Kier alpha value is -2.28. The molecule has 4 nitrogen and oxygen atoms in total. The van der Waals surface area contributed by atoms with E-state index in [1.54, 1.807) is 23.2 Å². The highest BCUT2D eigenvalue weighted by atomic mass is 35.5. The monoisotopic (exact) mass is 399 g/mol. The van der Waals surface area contributed by atoms with E-state index in [1.165, 1.54) is 28.2 Å². The van der Waals surface area contributed by atoms with Crippen molar-refractivity contribution >= 4 is 55.5 Å². The molecule has 1 aromatic carbocycles. The molecule has 26 heavy (non-hydrogen) atoms. The van der Waals surface area contributed by atoms with Crippen molar-refractivity contribution in [3.8, 4) is 0 Å². The summed E-state index contributed by atoms with van der Waals surface area (Å²) >= 11 is 8.80. The predicted octanol–water partition coefficient (Wildman–Crippen LogP) is 5.56. The molecule has 0 aliphatic heterocycles. The summed E-state index contributed by atoms with van der Waals surface area (Å²) in [5.74, 6) is -0.122. The topological polar surface area (TPSA) is 46.1 Å². The van der Waals surface area contributed by atoms with Crippen molar-refractivity contribution < 1.29 is 4.79 Å². The molecule has 7 heteroatoms. The number of thiophene rings is 1. The standard InChI is InChI=1S/C19H14ClN3OS2/c1-12-5-6-14-16(10-12)26-19(22-14)23(11-13-4-2-3-9-21-13)18(24)15-7-8-17(20)25-15/h2-10H,11H2,1H3. The minimum Gasteiger partial charge on any atom is -0.277 e. The van der Waals surface area contributed by atoms with Gasteiger partial charge < -0.3 is 0 Å². The van der Waals surface area contributed by atoms with E-state index < -0.39 is 0 Å². The van der Waals surface area contributed by atoms with Gasteiger partial charge in [-0.25, -0.2) is 4.98 Å². The van der Waals surface area contributed by atoms with Gasteiger partial charge in [-0.15, -0.1) is 11.3 Å². The number of rotatable bonds is 4. The van der Waals surface area contributed by atoms with E-state index in [0.29, 0.717) is 20.9 Å². The molecule has 0 N–H and O–H groups in total. The first kappa shape index (κ1) is 17.1. The zero-order valence-electron chi connectivity index (χ0n) is 13.8. The number of aryl methyl sites for hydroxylation is 1. The van der Waals surface area contributed by atoms with Gasteiger partial charge >= 0.3 is 0 Å². The second kappa shape index (κ2) is 7.15. The van der Waals surface area contributed by atoms with Gasteiger partial charge in [0.2, 0.25) is 0 Å². The second-order valence-corrected chi connectivity index (χ2v) is 8.51. The van der Waals surface area contributed by atoms with Crippen LogP contribution in [0.1, 0.15) is 20.9 Å². The van der Waals surface area contributed by atoms with Gasteiger partial charge in [-0.1, -0.05) is 35.1 Å². The molecule has 3 aromatic heterocycles. The van der Waals surface area contributed by atoms with Crippen LogP contribution in [0.2, 0.25) is 4.34 Å². The number of hydrogen-bond donors (Lipinski definition) is 0. The number of amides is 1. The highest BCUT2D eigenvalue weighted by Gasteiger charge is 2.23. The zero-order valence-corrected chi connectivity index (χ0v) is 16.2. The second-order valence-electron chi connectivity index (χ2n) is 5.78. The zero-order chi connectivity index (χ0) is 18.1. The first-order valence-electron chi connectivity index (χ1n) is 7.94.